The minimum absolute atomic E-state index is 0.115. The van der Waals surface area contributed by atoms with E-state index < -0.39 is 35.2 Å². The van der Waals surface area contributed by atoms with Crippen LogP contribution in [0.4, 0.5) is 13.2 Å². The van der Waals surface area contributed by atoms with Crippen molar-refractivity contribution in [3.8, 4) is 0 Å². The highest BCUT2D eigenvalue weighted by molar-refractivity contribution is 5.98. The van der Waals surface area contributed by atoms with Crippen molar-refractivity contribution in [3.05, 3.63) is 71.3 Å². The normalized spacial score (nSPS) is 12.4. The van der Waals surface area contributed by atoms with E-state index in [9.17, 15) is 27.9 Å². The lowest BCUT2D eigenvalue weighted by Crippen LogP contribution is -2.41. The van der Waals surface area contributed by atoms with Gasteiger partial charge in [-0.1, -0.05) is 42.5 Å². The molecule has 0 aliphatic carbocycles. The number of carboxylic acids is 1. The summed E-state index contributed by atoms with van der Waals surface area (Å²) in [7, 11) is 0. The molecule has 2 N–H and O–H groups in total. The standard InChI is InChI=1S/C19H18F3NO3/c20-19(21,22)15-11-5-4-10-14(15)17(24)23-16(18(25)26)12-6-9-13-7-2-1-3-8-13/h1-5,7-8,10-11,16H,6,9,12H2,(H,23,24)(H,25,26)/t16-/m0/s1. The fourth-order valence-electron chi connectivity index (χ4n) is 2.58. The van der Waals surface area contributed by atoms with Crippen LogP contribution in [0.25, 0.3) is 0 Å². The Hall–Kier alpha value is -2.83. The highest BCUT2D eigenvalue weighted by atomic mass is 19.4. The Morgan fingerprint density at radius 1 is 1.00 bits per heavy atom. The molecule has 0 saturated carbocycles. The van der Waals surface area contributed by atoms with Crippen LogP contribution in [0, 0.1) is 0 Å². The Balaban J connectivity index is 2.03. The number of hydrogen-bond acceptors (Lipinski definition) is 2. The maximum atomic E-state index is 13.0. The molecule has 0 radical (unpaired) electrons. The van der Waals surface area contributed by atoms with E-state index in [2.05, 4.69) is 5.32 Å². The van der Waals surface area contributed by atoms with E-state index in [0.717, 1.165) is 17.7 Å². The van der Waals surface area contributed by atoms with Crippen molar-refractivity contribution in [2.45, 2.75) is 31.5 Å². The second-order valence-electron chi connectivity index (χ2n) is 5.79. The summed E-state index contributed by atoms with van der Waals surface area (Å²) in [6, 6.07) is 12.4. The average Bonchev–Trinajstić information content (AvgIpc) is 2.60. The lowest BCUT2D eigenvalue weighted by Gasteiger charge is -2.17. The van der Waals surface area contributed by atoms with Gasteiger partial charge in [-0.05, 0) is 37.0 Å². The number of hydrogen-bond donors (Lipinski definition) is 2. The Morgan fingerprint density at radius 2 is 1.62 bits per heavy atom. The van der Waals surface area contributed by atoms with Gasteiger partial charge in [0.2, 0.25) is 0 Å². The number of benzene rings is 2. The molecule has 138 valence electrons. The maximum absolute atomic E-state index is 13.0. The number of rotatable bonds is 7. The summed E-state index contributed by atoms with van der Waals surface area (Å²) in [5, 5.41) is 11.5. The second kappa shape index (κ2) is 8.51. The molecular weight excluding hydrogens is 347 g/mol. The zero-order chi connectivity index (χ0) is 19.2. The van der Waals surface area contributed by atoms with Gasteiger partial charge < -0.3 is 10.4 Å². The fourth-order valence-corrected chi connectivity index (χ4v) is 2.58. The third-order valence-corrected chi connectivity index (χ3v) is 3.88. The number of halogens is 3. The zero-order valence-corrected chi connectivity index (χ0v) is 13.8. The summed E-state index contributed by atoms with van der Waals surface area (Å²) < 4.78 is 39.0. The van der Waals surface area contributed by atoms with Crippen molar-refractivity contribution < 1.29 is 27.9 Å². The first-order chi connectivity index (χ1) is 12.3. The molecule has 0 bridgehead atoms. The van der Waals surface area contributed by atoms with Crippen LogP contribution in [-0.2, 0) is 17.4 Å². The van der Waals surface area contributed by atoms with Crippen LogP contribution in [0.1, 0.15) is 34.3 Å². The quantitative estimate of drug-likeness (QED) is 0.782. The molecule has 0 saturated heterocycles. The van der Waals surface area contributed by atoms with E-state index in [1.54, 1.807) is 0 Å². The second-order valence-corrected chi connectivity index (χ2v) is 5.79. The molecule has 0 aromatic heterocycles. The van der Waals surface area contributed by atoms with Crippen molar-refractivity contribution in [3.63, 3.8) is 0 Å². The molecule has 4 nitrogen and oxygen atoms in total. The summed E-state index contributed by atoms with van der Waals surface area (Å²) in [6.45, 7) is 0. The molecule has 0 aliphatic rings. The minimum Gasteiger partial charge on any atom is -0.480 e. The highest BCUT2D eigenvalue weighted by Crippen LogP contribution is 2.31. The van der Waals surface area contributed by atoms with E-state index in [-0.39, 0.29) is 6.42 Å². The molecule has 0 spiro atoms. The Labute approximate surface area is 148 Å². The number of aliphatic carboxylic acids is 1. The Morgan fingerprint density at radius 3 is 2.23 bits per heavy atom. The molecule has 1 amide bonds. The van der Waals surface area contributed by atoms with Crippen LogP contribution < -0.4 is 5.32 Å². The van der Waals surface area contributed by atoms with Crippen LogP contribution in [0.15, 0.2) is 54.6 Å². The molecule has 0 fully saturated rings. The van der Waals surface area contributed by atoms with Gasteiger partial charge in [0.15, 0.2) is 0 Å². The van der Waals surface area contributed by atoms with E-state index in [1.807, 2.05) is 30.3 Å². The van der Waals surface area contributed by atoms with Crippen molar-refractivity contribution in [2.75, 3.05) is 0 Å². The van der Waals surface area contributed by atoms with Gasteiger partial charge in [-0.25, -0.2) is 4.79 Å². The molecule has 26 heavy (non-hydrogen) atoms. The predicted octanol–water partition coefficient (Wildman–Crippen LogP) is 3.91. The van der Waals surface area contributed by atoms with Gasteiger partial charge in [0.05, 0.1) is 11.1 Å². The number of amides is 1. The molecular formula is C19H18F3NO3. The van der Waals surface area contributed by atoms with E-state index in [1.165, 1.54) is 12.1 Å². The van der Waals surface area contributed by atoms with Gasteiger partial charge in [-0.2, -0.15) is 13.2 Å². The van der Waals surface area contributed by atoms with Crippen LogP contribution >= 0.6 is 0 Å². The lowest BCUT2D eigenvalue weighted by molar-refractivity contribution is -0.139. The summed E-state index contributed by atoms with van der Waals surface area (Å²) >= 11 is 0. The monoisotopic (exact) mass is 365 g/mol. The fraction of sp³-hybridized carbons (Fsp3) is 0.263. The number of alkyl halides is 3. The van der Waals surface area contributed by atoms with Gasteiger partial charge in [0.1, 0.15) is 6.04 Å². The molecule has 2 rings (SSSR count). The first-order valence-electron chi connectivity index (χ1n) is 8.03. The number of carboxylic acid groups (broad SMARTS) is 1. The van der Waals surface area contributed by atoms with E-state index in [4.69, 9.17) is 0 Å². The summed E-state index contributed by atoms with van der Waals surface area (Å²) in [5.41, 5.74) is -0.661. The first kappa shape index (κ1) is 19.5. The summed E-state index contributed by atoms with van der Waals surface area (Å²) in [6.07, 6.45) is -3.49. The number of carbonyl (C=O) groups excluding carboxylic acids is 1. The van der Waals surface area contributed by atoms with Gasteiger partial charge in [0, 0.05) is 0 Å². The number of carbonyl (C=O) groups is 2. The average molecular weight is 365 g/mol. The smallest absolute Gasteiger partial charge is 0.417 e. The van der Waals surface area contributed by atoms with Crippen molar-refractivity contribution in [1.82, 2.24) is 5.32 Å². The molecule has 1 atom stereocenters. The minimum atomic E-state index is -4.69. The number of aryl methyl sites for hydroxylation is 1. The SMILES string of the molecule is O=C(N[C@@H](CCCc1ccccc1)C(=O)O)c1ccccc1C(F)(F)F. The van der Waals surface area contributed by atoms with Crippen molar-refractivity contribution >= 4 is 11.9 Å². The topological polar surface area (TPSA) is 66.4 Å². The van der Waals surface area contributed by atoms with Gasteiger partial charge in [0.25, 0.3) is 5.91 Å². The predicted molar refractivity (Wildman–Crippen MR) is 89.7 cm³/mol. The van der Waals surface area contributed by atoms with Crippen LogP contribution in [-0.4, -0.2) is 23.0 Å². The Kier molecular flexibility index (Phi) is 6.38. The third-order valence-electron chi connectivity index (χ3n) is 3.88. The maximum Gasteiger partial charge on any atom is 0.417 e. The molecule has 0 aliphatic heterocycles. The van der Waals surface area contributed by atoms with Gasteiger partial charge in [-0.3, -0.25) is 4.79 Å². The van der Waals surface area contributed by atoms with E-state index >= 15 is 0 Å². The third kappa shape index (κ3) is 5.34. The summed E-state index contributed by atoms with van der Waals surface area (Å²) in [4.78, 5) is 23.5. The highest BCUT2D eigenvalue weighted by Gasteiger charge is 2.35. The van der Waals surface area contributed by atoms with Gasteiger partial charge in [-0.15, -0.1) is 0 Å². The van der Waals surface area contributed by atoms with E-state index in [0.29, 0.717) is 12.8 Å². The summed E-state index contributed by atoms with van der Waals surface area (Å²) in [5.74, 6) is -2.33. The molecule has 0 heterocycles. The zero-order valence-electron chi connectivity index (χ0n) is 13.8. The van der Waals surface area contributed by atoms with Crippen molar-refractivity contribution in [1.29, 1.82) is 0 Å². The van der Waals surface area contributed by atoms with Crippen molar-refractivity contribution in [2.24, 2.45) is 0 Å². The molecule has 2 aromatic rings. The van der Waals surface area contributed by atoms with Crippen LogP contribution in [0.2, 0.25) is 0 Å². The Bertz CT molecular complexity index is 760. The molecule has 0 unspecified atom stereocenters. The van der Waals surface area contributed by atoms with Crippen LogP contribution in [0.5, 0.6) is 0 Å². The first-order valence-corrected chi connectivity index (χ1v) is 8.03. The molecule has 7 heteroatoms. The van der Waals surface area contributed by atoms with Gasteiger partial charge >= 0.3 is 12.1 Å². The number of nitrogens with one attached hydrogen (secondary N) is 1. The largest absolute Gasteiger partial charge is 0.480 e. The lowest BCUT2D eigenvalue weighted by atomic mass is 10.0. The molecule has 2 aromatic carbocycles. The van der Waals surface area contributed by atoms with Crippen LogP contribution in [0.3, 0.4) is 0 Å².